The van der Waals surface area contributed by atoms with Crippen LogP contribution in [-0.4, -0.2) is 30.0 Å². The number of carbonyl (C=O) groups excluding carboxylic acids is 1. The Balaban J connectivity index is 1.67. The Morgan fingerprint density at radius 3 is 2.69 bits per heavy atom. The Morgan fingerprint density at radius 2 is 2.00 bits per heavy atom. The van der Waals surface area contributed by atoms with E-state index < -0.39 is 0 Å². The number of thiazole rings is 1. The molecule has 0 saturated carbocycles. The lowest BCUT2D eigenvalue weighted by atomic mass is 10.1. The van der Waals surface area contributed by atoms with Crippen molar-refractivity contribution in [2.75, 3.05) is 24.3 Å². The monoisotopic (exact) mass is 363 g/mol. The molecule has 1 amide bonds. The Labute approximate surface area is 155 Å². The first-order valence-corrected chi connectivity index (χ1v) is 8.75. The standard InChI is InChI=1S/C19H17N5OS/c1-24(2)17-10-15(7-8-21-17)18(25)23-19-22-12-16(26-19)9-13-3-5-14(11-20)6-4-13/h3-8,10,12H,9H2,1-2H3,(H,22,23,25). The van der Waals surface area contributed by atoms with E-state index in [-0.39, 0.29) is 5.91 Å². The van der Waals surface area contributed by atoms with Crippen LogP contribution in [0.2, 0.25) is 0 Å². The van der Waals surface area contributed by atoms with Crippen molar-refractivity contribution >= 4 is 28.2 Å². The summed E-state index contributed by atoms with van der Waals surface area (Å²) < 4.78 is 0. The number of aromatic nitrogens is 2. The number of nitrogens with one attached hydrogen (secondary N) is 1. The van der Waals surface area contributed by atoms with Crippen LogP contribution in [0.25, 0.3) is 0 Å². The average molecular weight is 363 g/mol. The van der Waals surface area contributed by atoms with Gasteiger partial charge in [0.2, 0.25) is 0 Å². The van der Waals surface area contributed by atoms with Gasteiger partial charge in [-0.2, -0.15) is 5.26 Å². The van der Waals surface area contributed by atoms with Crippen LogP contribution in [0, 0.1) is 11.3 Å². The van der Waals surface area contributed by atoms with Crippen LogP contribution < -0.4 is 10.2 Å². The fraction of sp³-hybridized carbons (Fsp3) is 0.158. The maximum Gasteiger partial charge on any atom is 0.257 e. The van der Waals surface area contributed by atoms with Crippen molar-refractivity contribution < 1.29 is 4.79 Å². The van der Waals surface area contributed by atoms with E-state index in [1.807, 2.05) is 31.1 Å². The molecule has 0 saturated heterocycles. The van der Waals surface area contributed by atoms with Crippen LogP contribution in [0.5, 0.6) is 0 Å². The van der Waals surface area contributed by atoms with E-state index in [0.717, 1.165) is 16.3 Å². The summed E-state index contributed by atoms with van der Waals surface area (Å²) >= 11 is 1.44. The third-order valence-corrected chi connectivity index (χ3v) is 4.61. The molecule has 26 heavy (non-hydrogen) atoms. The molecule has 0 unspecified atom stereocenters. The summed E-state index contributed by atoms with van der Waals surface area (Å²) in [4.78, 5) is 23.8. The number of carbonyl (C=O) groups is 1. The number of rotatable bonds is 5. The molecular weight excluding hydrogens is 346 g/mol. The van der Waals surface area contributed by atoms with Gasteiger partial charge in [0.25, 0.3) is 5.91 Å². The number of amides is 1. The zero-order valence-corrected chi connectivity index (χ0v) is 15.2. The minimum Gasteiger partial charge on any atom is -0.363 e. The summed E-state index contributed by atoms with van der Waals surface area (Å²) in [5.41, 5.74) is 2.27. The molecule has 3 aromatic rings. The maximum atomic E-state index is 12.4. The topological polar surface area (TPSA) is 81.9 Å². The number of hydrogen-bond donors (Lipinski definition) is 1. The van der Waals surface area contributed by atoms with E-state index in [1.54, 1.807) is 36.7 Å². The molecule has 0 aliphatic heterocycles. The largest absolute Gasteiger partial charge is 0.363 e. The minimum absolute atomic E-state index is 0.213. The summed E-state index contributed by atoms with van der Waals surface area (Å²) in [5, 5.41) is 12.2. The van der Waals surface area contributed by atoms with Crippen LogP contribution in [0.3, 0.4) is 0 Å². The smallest absolute Gasteiger partial charge is 0.257 e. The molecule has 0 aliphatic carbocycles. The predicted octanol–water partition coefficient (Wildman–Crippen LogP) is 3.32. The van der Waals surface area contributed by atoms with Crippen LogP contribution in [0.4, 0.5) is 10.9 Å². The molecular formula is C19H17N5OS. The molecule has 6 nitrogen and oxygen atoms in total. The molecule has 2 heterocycles. The Kier molecular flexibility index (Phi) is 5.25. The lowest BCUT2D eigenvalue weighted by Crippen LogP contribution is -2.15. The summed E-state index contributed by atoms with van der Waals surface area (Å²) in [6.07, 6.45) is 4.08. The third-order valence-electron chi connectivity index (χ3n) is 3.70. The first kappa shape index (κ1) is 17.6. The predicted molar refractivity (Wildman–Crippen MR) is 103 cm³/mol. The van der Waals surface area contributed by atoms with Crippen molar-refractivity contribution in [2.24, 2.45) is 0 Å². The first-order chi connectivity index (χ1) is 12.5. The SMILES string of the molecule is CN(C)c1cc(C(=O)Nc2ncc(Cc3ccc(C#N)cc3)s2)ccn1. The quantitative estimate of drug-likeness (QED) is 0.752. The molecule has 3 rings (SSSR count). The fourth-order valence-electron chi connectivity index (χ4n) is 2.32. The second kappa shape index (κ2) is 7.76. The third kappa shape index (κ3) is 4.23. The van der Waals surface area contributed by atoms with Gasteiger partial charge in [0.15, 0.2) is 5.13 Å². The highest BCUT2D eigenvalue weighted by atomic mass is 32.1. The van der Waals surface area contributed by atoms with Crippen LogP contribution in [-0.2, 0) is 6.42 Å². The van der Waals surface area contributed by atoms with Gasteiger partial charge in [0.05, 0.1) is 11.6 Å². The molecule has 0 radical (unpaired) electrons. The number of anilines is 2. The number of nitrogens with zero attached hydrogens (tertiary/aromatic N) is 4. The summed E-state index contributed by atoms with van der Waals surface area (Å²) in [6, 6.07) is 13.0. The molecule has 1 aromatic carbocycles. The molecule has 0 bridgehead atoms. The van der Waals surface area contributed by atoms with Crippen molar-refractivity contribution in [3.63, 3.8) is 0 Å². The van der Waals surface area contributed by atoms with Gasteiger partial charge >= 0.3 is 0 Å². The average Bonchev–Trinajstić information content (AvgIpc) is 3.09. The number of benzene rings is 1. The lowest BCUT2D eigenvalue weighted by molar-refractivity contribution is 0.102. The van der Waals surface area contributed by atoms with Gasteiger partial charge in [-0.25, -0.2) is 9.97 Å². The fourth-order valence-corrected chi connectivity index (χ4v) is 3.16. The van der Waals surface area contributed by atoms with Gasteiger partial charge in [-0.3, -0.25) is 10.1 Å². The highest BCUT2D eigenvalue weighted by molar-refractivity contribution is 7.15. The molecule has 0 atom stereocenters. The maximum absolute atomic E-state index is 12.4. The molecule has 0 aliphatic rings. The summed E-state index contributed by atoms with van der Waals surface area (Å²) in [6.45, 7) is 0. The van der Waals surface area contributed by atoms with E-state index in [9.17, 15) is 4.79 Å². The molecule has 130 valence electrons. The molecule has 0 spiro atoms. The zero-order valence-electron chi connectivity index (χ0n) is 14.4. The Hall–Kier alpha value is -3.24. The highest BCUT2D eigenvalue weighted by Gasteiger charge is 2.11. The molecule has 1 N–H and O–H groups in total. The number of nitriles is 1. The normalized spacial score (nSPS) is 10.2. The van der Waals surface area contributed by atoms with Crippen molar-refractivity contribution in [3.05, 3.63) is 70.4 Å². The molecule has 0 fully saturated rings. The van der Waals surface area contributed by atoms with E-state index in [0.29, 0.717) is 22.7 Å². The minimum atomic E-state index is -0.213. The second-order valence-corrected chi connectivity index (χ2v) is 6.98. The number of hydrogen-bond acceptors (Lipinski definition) is 6. The lowest BCUT2D eigenvalue weighted by Gasteiger charge is -2.11. The summed E-state index contributed by atoms with van der Waals surface area (Å²) in [5.74, 6) is 0.507. The van der Waals surface area contributed by atoms with Gasteiger partial charge in [-0.1, -0.05) is 12.1 Å². The second-order valence-electron chi connectivity index (χ2n) is 5.87. The molecule has 7 heteroatoms. The summed E-state index contributed by atoms with van der Waals surface area (Å²) in [7, 11) is 3.75. The van der Waals surface area contributed by atoms with Crippen molar-refractivity contribution in [2.45, 2.75) is 6.42 Å². The van der Waals surface area contributed by atoms with E-state index in [1.165, 1.54) is 11.3 Å². The number of pyridine rings is 1. The van der Waals surface area contributed by atoms with Crippen molar-refractivity contribution in [1.82, 2.24) is 9.97 Å². The Morgan fingerprint density at radius 1 is 1.23 bits per heavy atom. The van der Waals surface area contributed by atoms with Crippen LogP contribution in [0.15, 0.2) is 48.8 Å². The van der Waals surface area contributed by atoms with Crippen LogP contribution in [0.1, 0.15) is 26.4 Å². The van der Waals surface area contributed by atoms with E-state index >= 15 is 0 Å². The van der Waals surface area contributed by atoms with Crippen molar-refractivity contribution in [3.8, 4) is 6.07 Å². The van der Waals surface area contributed by atoms with Gasteiger partial charge in [0.1, 0.15) is 5.82 Å². The highest BCUT2D eigenvalue weighted by Crippen LogP contribution is 2.22. The molecule has 2 aromatic heterocycles. The van der Waals surface area contributed by atoms with Gasteiger partial charge in [-0.15, -0.1) is 11.3 Å². The van der Waals surface area contributed by atoms with Gasteiger partial charge in [0, 0.05) is 43.4 Å². The van der Waals surface area contributed by atoms with E-state index in [4.69, 9.17) is 5.26 Å². The first-order valence-electron chi connectivity index (χ1n) is 7.93. The zero-order chi connectivity index (χ0) is 18.5. The van der Waals surface area contributed by atoms with E-state index in [2.05, 4.69) is 21.4 Å². The van der Waals surface area contributed by atoms with Crippen LogP contribution >= 0.6 is 11.3 Å². The van der Waals surface area contributed by atoms with Gasteiger partial charge in [-0.05, 0) is 29.8 Å². The van der Waals surface area contributed by atoms with Gasteiger partial charge < -0.3 is 4.90 Å². The van der Waals surface area contributed by atoms with Crippen molar-refractivity contribution in [1.29, 1.82) is 5.26 Å². The Bertz CT molecular complexity index is 957.